The largest absolute Gasteiger partial charge is 0.493 e. The first-order valence-corrected chi connectivity index (χ1v) is 14.4. The predicted octanol–water partition coefficient (Wildman–Crippen LogP) is 4.02. The van der Waals surface area contributed by atoms with Gasteiger partial charge in [-0.3, -0.25) is 14.4 Å². The van der Waals surface area contributed by atoms with Gasteiger partial charge in [0.1, 0.15) is 18.5 Å². The molecule has 2 aromatic rings. The number of carbonyl (C=O) groups is 3. The highest BCUT2D eigenvalue weighted by atomic mass is 127. The van der Waals surface area contributed by atoms with Crippen molar-refractivity contribution < 1.29 is 34.1 Å². The van der Waals surface area contributed by atoms with E-state index in [1.807, 2.05) is 22.6 Å². The molecule has 1 aliphatic rings. The highest BCUT2D eigenvalue weighted by Crippen LogP contribution is 2.37. The number of benzene rings is 2. The third kappa shape index (κ3) is 7.67. The molecule has 0 aromatic heterocycles. The van der Waals surface area contributed by atoms with E-state index in [-0.39, 0.29) is 49.1 Å². The van der Waals surface area contributed by atoms with Gasteiger partial charge in [0.05, 0.1) is 23.3 Å². The summed E-state index contributed by atoms with van der Waals surface area (Å²) in [5.74, 6) is -0.599. The van der Waals surface area contributed by atoms with Gasteiger partial charge in [-0.25, -0.2) is 0 Å². The molecule has 12 heteroatoms. The standard InChI is InChI=1S/C28H31Cl2IN2O7/c1-15(2)28(38)33(13-17-4-5-19(29)12-20(17)30)22-10-18(27(37)32-6-7-34)11-23(25(22)36)40-26-21(31)8-16(14-35)9-24(26)39-3/h4-5,8-9,11-12,14-15,22-23,25,34,36H,6-7,10,13H2,1-3H3,(H,32,37)/t22-,23+,25+/m1/s1. The van der Waals surface area contributed by atoms with Crippen LogP contribution >= 0.6 is 45.8 Å². The molecule has 2 aromatic carbocycles. The summed E-state index contributed by atoms with van der Waals surface area (Å²) in [4.78, 5) is 39.4. The highest BCUT2D eigenvalue weighted by molar-refractivity contribution is 14.1. The first kappa shape index (κ1) is 32.1. The molecule has 3 N–H and O–H groups in total. The number of aliphatic hydroxyl groups excluding tert-OH is 2. The number of carbonyl (C=O) groups excluding carboxylic acids is 3. The number of hydrogen-bond acceptors (Lipinski definition) is 7. The molecule has 40 heavy (non-hydrogen) atoms. The predicted molar refractivity (Wildman–Crippen MR) is 160 cm³/mol. The van der Waals surface area contributed by atoms with Gasteiger partial charge in [0.15, 0.2) is 11.5 Å². The van der Waals surface area contributed by atoms with Gasteiger partial charge in [-0.2, -0.15) is 0 Å². The minimum Gasteiger partial charge on any atom is -0.493 e. The number of aldehydes is 1. The third-order valence-electron chi connectivity index (χ3n) is 6.39. The van der Waals surface area contributed by atoms with E-state index in [2.05, 4.69) is 5.32 Å². The van der Waals surface area contributed by atoms with Crippen molar-refractivity contribution in [1.82, 2.24) is 10.2 Å². The average molecular weight is 705 g/mol. The molecule has 0 spiro atoms. The van der Waals surface area contributed by atoms with Gasteiger partial charge < -0.3 is 29.9 Å². The van der Waals surface area contributed by atoms with Crippen LogP contribution in [0.3, 0.4) is 0 Å². The SMILES string of the molecule is COc1cc(C=O)cc(I)c1O[C@H]1C=C(C(=O)NCCO)C[C@@H](N(Cc2ccc(Cl)cc2Cl)C(=O)C(C)C)[C@@H]1O. The number of rotatable bonds is 11. The summed E-state index contributed by atoms with van der Waals surface area (Å²) in [5, 5.41) is 24.3. The summed E-state index contributed by atoms with van der Waals surface area (Å²) in [5.41, 5.74) is 1.27. The number of halogens is 3. The number of nitrogens with one attached hydrogen (secondary N) is 1. The van der Waals surface area contributed by atoms with E-state index in [0.29, 0.717) is 31.0 Å². The summed E-state index contributed by atoms with van der Waals surface area (Å²) >= 11 is 14.5. The molecule has 0 unspecified atom stereocenters. The second kappa shape index (κ2) is 14.5. The second-order valence-corrected chi connectivity index (χ2v) is 11.5. The van der Waals surface area contributed by atoms with Crippen LogP contribution in [0.4, 0.5) is 0 Å². The van der Waals surface area contributed by atoms with E-state index in [4.69, 9.17) is 32.7 Å². The van der Waals surface area contributed by atoms with Crippen LogP contribution in [0.5, 0.6) is 11.5 Å². The fourth-order valence-electron chi connectivity index (χ4n) is 4.36. The Balaban J connectivity index is 2.07. The van der Waals surface area contributed by atoms with Crippen molar-refractivity contribution in [2.45, 2.75) is 45.1 Å². The van der Waals surface area contributed by atoms with Crippen LogP contribution in [0.2, 0.25) is 10.0 Å². The van der Waals surface area contributed by atoms with E-state index < -0.39 is 30.1 Å². The van der Waals surface area contributed by atoms with Crippen LogP contribution in [-0.4, -0.2) is 71.7 Å². The first-order valence-electron chi connectivity index (χ1n) is 12.5. The zero-order chi connectivity index (χ0) is 29.6. The van der Waals surface area contributed by atoms with E-state index in [1.54, 1.807) is 38.1 Å². The number of hydrogen-bond donors (Lipinski definition) is 3. The molecule has 1 aliphatic carbocycles. The highest BCUT2D eigenvalue weighted by Gasteiger charge is 2.41. The lowest BCUT2D eigenvalue weighted by atomic mass is 9.87. The summed E-state index contributed by atoms with van der Waals surface area (Å²) in [6, 6.07) is 7.19. The smallest absolute Gasteiger partial charge is 0.247 e. The molecule has 0 aliphatic heterocycles. The lowest BCUT2D eigenvalue weighted by Crippen LogP contribution is -2.55. The number of aliphatic hydroxyl groups is 2. The van der Waals surface area contributed by atoms with Gasteiger partial charge in [-0.05, 0) is 58.5 Å². The molecular weight excluding hydrogens is 674 g/mol. The number of amides is 2. The maximum Gasteiger partial charge on any atom is 0.247 e. The molecule has 2 amide bonds. The molecule has 0 saturated carbocycles. The molecule has 0 radical (unpaired) electrons. The maximum atomic E-state index is 13.5. The van der Waals surface area contributed by atoms with Gasteiger partial charge in [0, 0.05) is 46.6 Å². The molecule has 9 nitrogen and oxygen atoms in total. The molecule has 3 atom stereocenters. The Morgan fingerprint density at radius 2 is 1.98 bits per heavy atom. The van der Waals surface area contributed by atoms with Crippen molar-refractivity contribution in [3.05, 3.63) is 66.7 Å². The van der Waals surface area contributed by atoms with Crippen LogP contribution in [0, 0.1) is 9.49 Å². The average Bonchev–Trinajstić information content (AvgIpc) is 2.92. The topological polar surface area (TPSA) is 125 Å². The molecule has 3 rings (SSSR count). The molecule has 0 fully saturated rings. The Hall–Kier alpha value is -2.38. The van der Waals surface area contributed by atoms with Crippen LogP contribution in [-0.2, 0) is 16.1 Å². The number of ether oxygens (including phenoxy) is 2. The van der Waals surface area contributed by atoms with Crippen molar-refractivity contribution in [2.75, 3.05) is 20.3 Å². The number of methoxy groups -OCH3 is 1. The van der Waals surface area contributed by atoms with E-state index in [1.165, 1.54) is 24.2 Å². The number of nitrogens with zero attached hydrogens (tertiary/aromatic N) is 1. The monoisotopic (exact) mass is 704 g/mol. The van der Waals surface area contributed by atoms with Crippen molar-refractivity contribution in [3.63, 3.8) is 0 Å². The van der Waals surface area contributed by atoms with Crippen LogP contribution < -0.4 is 14.8 Å². The Kier molecular flexibility index (Phi) is 11.6. The Bertz CT molecular complexity index is 1290. The van der Waals surface area contributed by atoms with Gasteiger partial charge in [0.2, 0.25) is 11.8 Å². The van der Waals surface area contributed by atoms with Gasteiger partial charge in [-0.15, -0.1) is 0 Å². The van der Waals surface area contributed by atoms with Crippen LogP contribution in [0.25, 0.3) is 0 Å². The Morgan fingerprint density at radius 1 is 1.25 bits per heavy atom. The first-order chi connectivity index (χ1) is 19.0. The lowest BCUT2D eigenvalue weighted by molar-refractivity contribution is -0.142. The van der Waals surface area contributed by atoms with Crippen molar-refractivity contribution >= 4 is 63.9 Å². The molecule has 216 valence electrons. The molecule has 0 heterocycles. The third-order valence-corrected chi connectivity index (χ3v) is 7.78. The summed E-state index contributed by atoms with van der Waals surface area (Å²) < 4.78 is 12.2. The van der Waals surface area contributed by atoms with Gasteiger partial charge in [-0.1, -0.05) is 43.1 Å². The Labute approximate surface area is 256 Å². The van der Waals surface area contributed by atoms with Gasteiger partial charge >= 0.3 is 0 Å². The fourth-order valence-corrected chi connectivity index (χ4v) is 5.58. The van der Waals surface area contributed by atoms with E-state index in [0.717, 1.165) is 0 Å². The minimum absolute atomic E-state index is 0.0280. The molecule has 0 saturated heterocycles. The summed E-state index contributed by atoms with van der Waals surface area (Å²) in [7, 11) is 1.43. The van der Waals surface area contributed by atoms with Gasteiger partial charge in [0.25, 0.3) is 0 Å². The molecule has 0 bridgehead atoms. The maximum absolute atomic E-state index is 13.5. The molecular formula is C28H31Cl2IN2O7. The second-order valence-electron chi connectivity index (χ2n) is 9.52. The van der Waals surface area contributed by atoms with Crippen molar-refractivity contribution in [3.8, 4) is 11.5 Å². The van der Waals surface area contributed by atoms with E-state index in [9.17, 15) is 24.6 Å². The zero-order valence-corrected chi connectivity index (χ0v) is 25.9. The summed E-state index contributed by atoms with van der Waals surface area (Å²) in [6.45, 7) is 3.32. The van der Waals surface area contributed by atoms with Crippen molar-refractivity contribution in [1.29, 1.82) is 0 Å². The Morgan fingerprint density at radius 3 is 2.58 bits per heavy atom. The van der Waals surface area contributed by atoms with Crippen LogP contribution in [0.1, 0.15) is 36.2 Å². The zero-order valence-electron chi connectivity index (χ0n) is 22.2. The summed E-state index contributed by atoms with van der Waals surface area (Å²) in [6.07, 6.45) is -0.110. The normalized spacial score (nSPS) is 18.6. The van der Waals surface area contributed by atoms with E-state index >= 15 is 0 Å². The van der Waals surface area contributed by atoms with Crippen molar-refractivity contribution in [2.24, 2.45) is 5.92 Å². The fraction of sp³-hybridized carbons (Fsp3) is 0.393. The minimum atomic E-state index is -1.26. The lowest BCUT2D eigenvalue weighted by Gasteiger charge is -2.41. The quantitative estimate of drug-likeness (QED) is 0.239. The van der Waals surface area contributed by atoms with Crippen LogP contribution in [0.15, 0.2) is 42.0 Å².